The molecule has 0 aliphatic rings. The number of ether oxygens (including phenoxy) is 1. The Labute approximate surface area is 117 Å². The average molecular weight is 284 g/mol. The number of aliphatic hydroxyl groups excluding tert-OH is 1. The Morgan fingerprint density at radius 2 is 2.26 bits per heavy atom. The maximum Gasteiger partial charge on any atom is 0.257 e. The smallest absolute Gasteiger partial charge is 0.257 e. The zero-order chi connectivity index (χ0) is 14.1. The van der Waals surface area contributed by atoms with Crippen molar-refractivity contribution in [3.05, 3.63) is 23.8 Å². The minimum Gasteiger partial charge on any atom is -0.496 e. The SMILES string of the molecule is COc1cccc(N)c1C(=O)NCCSCCCO. The number of carbonyl (C=O) groups excluding carboxylic acids is 1. The molecule has 6 heteroatoms. The molecule has 0 saturated heterocycles. The first-order valence-electron chi connectivity index (χ1n) is 6.10. The lowest BCUT2D eigenvalue weighted by atomic mass is 10.1. The van der Waals surface area contributed by atoms with E-state index in [9.17, 15) is 4.79 Å². The van der Waals surface area contributed by atoms with Crippen LogP contribution >= 0.6 is 11.8 Å². The summed E-state index contributed by atoms with van der Waals surface area (Å²) in [6.45, 7) is 0.767. The van der Waals surface area contributed by atoms with E-state index in [1.54, 1.807) is 30.0 Å². The molecule has 0 bridgehead atoms. The number of aliphatic hydroxyl groups is 1. The number of amides is 1. The van der Waals surface area contributed by atoms with Crippen LogP contribution in [0.2, 0.25) is 0 Å². The van der Waals surface area contributed by atoms with Gasteiger partial charge in [0.05, 0.1) is 7.11 Å². The molecule has 1 rings (SSSR count). The summed E-state index contributed by atoms with van der Waals surface area (Å²) < 4.78 is 5.13. The molecule has 1 aromatic rings. The highest BCUT2D eigenvalue weighted by Crippen LogP contribution is 2.23. The molecule has 0 spiro atoms. The Kier molecular flexibility index (Phi) is 7.14. The minimum absolute atomic E-state index is 0.205. The van der Waals surface area contributed by atoms with Crippen molar-refractivity contribution in [3.8, 4) is 5.75 Å². The van der Waals surface area contributed by atoms with Crippen molar-refractivity contribution in [2.75, 3.05) is 37.5 Å². The molecule has 19 heavy (non-hydrogen) atoms. The Bertz CT molecular complexity index is 413. The summed E-state index contributed by atoms with van der Waals surface area (Å²) in [5.74, 6) is 1.95. The third-order valence-electron chi connectivity index (χ3n) is 2.48. The van der Waals surface area contributed by atoms with Gasteiger partial charge in [-0.05, 0) is 24.3 Å². The van der Waals surface area contributed by atoms with Gasteiger partial charge in [0.1, 0.15) is 11.3 Å². The molecule has 106 valence electrons. The molecular weight excluding hydrogens is 264 g/mol. The van der Waals surface area contributed by atoms with Gasteiger partial charge in [-0.2, -0.15) is 11.8 Å². The normalized spacial score (nSPS) is 10.2. The lowest BCUT2D eigenvalue weighted by molar-refractivity contribution is 0.0954. The first kappa shape index (κ1) is 15.7. The van der Waals surface area contributed by atoms with Gasteiger partial charge in [-0.3, -0.25) is 4.79 Å². The van der Waals surface area contributed by atoms with Crippen molar-refractivity contribution < 1.29 is 14.6 Å². The van der Waals surface area contributed by atoms with E-state index in [-0.39, 0.29) is 12.5 Å². The van der Waals surface area contributed by atoms with Crippen molar-refractivity contribution >= 4 is 23.4 Å². The van der Waals surface area contributed by atoms with Gasteiger partial charge in [-0.25, -0.2) is 0 Å². The molecule has 0 saturated carbocycles. The van der Waals surface area contributed by atoms with Crippen LogP contribution in [0.5, 0.6) is 5.75 Å². The number of thioether (sulfide) groups is 1. The fourth-order valence-corrected chi connectivity index (χ4v) is 2.34. The fraction of sp³-hybridized carbons (Fsp3) is 0.462. The van der Waals surface area contributed by atoms with E-state index < -0.39 is 0 Å². The monoisotopic (exact) mass is 284 g/mol. The number of methoxy groups -OCH3 is 1. The summed E-state index contributed by atoms with van der Waals surface area (Å²) in [6, 6.07) is 5.13. The van der Waals surface area contributed by atoms with E-state index >= 15 is 0 Å². The molecule has 4 N–H and O–H groups in total. The van der Waals surface area contributed by atoms with Crippen LogP contribution in [0.15, 0.2) is 18.2 Å². The zero-order valence-electron chi connectivity index (χ0n) is 11.0. The number of carbonyl (C=O) groups is 1. The predicted molar refractivity (Wildman–Crippen MR) is 78.8 cm³/mol. The third-order valence-corrected chi connectivity index (χ3v) is 3.55. The van der Waals surface area contributed by atoms with Gasteiger partial charge in [0.2, 0.25) is 0 Å². The minimum atomic E-state index is -0.224. The molecule has 0 atom stereocenters. The Balaban J connectivity index is 2.45. The van der Waals surface area contributed by atoms with Gasteiger partial charge in [-0.1, -0.05) is 6.07 Å². The summed E-state index contributed by atoms with van der Waals surface area (Å²) in [6.07, 6.45) is 0.776. The van der Waals surface area contributed by atoms with E-state index in [0.717, 1.165) is 17.9 Å². The first-order valence-corrected chi connectivity index (χ1v) is 7.25. The lowest BCUT2D eigenvalue weighted by Crippen LogP contribution is -2.27. The maximum absolute atomic E-state index is 12.0. The maximum atomic E-state index is 12.0. The van der Waals surface area contributed by atoms with Crippen molar-refractivity contribution in [2.45, 2.75) is 6.42 Å². The summed E-state index contributed by atoms with van der Waals surface area (Å²) in [5.41, 5.74) is 6.58. The van der Waals surface area contributed by atoms with Crippen LogP contribution in [-0.2, 0) is 0 Å². The molecule has 5 nitrogen and oxygen atoms in total. The molecule has 0 heterocycles. The summed E-state index contributed by atoms with van der Waals surface area (Å²) in [5, 5.41) is 11.4. The number of hydrogen-bond donors (Lipinski definition) is 3. The van der Waals surface area contributed by atoms with Crippen LogP contribution in [0, 0.1) is 0 Å². The van der Waals surface area contributed by atoms with Crippen molar-refractivity contribution in [1.29, 1.82) is 0 Å². The summed E-state index contributed by atoms with van der Waals surface area (Å²) in [7, 11) is 1.51. The quantitative estimate of drug-likeness (QED) is 0.492. The van der Waals surface area contributed by atoms with Gasteiger partial charge in [-0.15, -0.1) is 0 Å². The van der Waals surface area contributed by atoms with E-state index in [1.165, 1.54) is 7.11 Å². The van der Waals surface area contributed by atoms with Gasteiger partial charge in [0.15, 0.2) is 0 Å². The third kappa shape index (κ3) is 5.00. The number of nitrogens with one attached hydrogen (secondary N) is 1. The van der Waals surface area contributed by atoms with Crippen molar-refractivity contribution in [2.24, 2.45) is 0 Å². The number of benzene rings is 1. The highest BCUT2D eigenvalue weighted by molar-refractivity contribution is 7.99. The van der Waals surface area contributed by atoms with E-state index in [0.29, 0.717) is 23.5 Å². The largest absolute Gasteiger partial charge is 0.496 e. The van der Waals surface area contributed by atoms with Crippen LogP contribution in [0.3, 0.4) is 0 Å². The van der Waals surface area contributed by atoms with Gasteiger partial charge >= 0.3 is 0 Å². The van der Waals surface area contributed by atoms with Crippen molar-refractivity contribution in [1.82, 2.24) is 5.32 Å². The molecule has 0 aliphatic heterocycles. The standard InChI is InChI=1S/C13H20N2O3S/c1-18-11-5-2-4-10(14)12(11)13(17)15-6-9-19-8-3-7-16/h2,4-5,16H,3,6-9,14H2,1H3,(H,15,17). The fourth-order valence-electron chi connectivity index (χ4n) is 1.55. The second-order valence-corrected chi connectivity index (χ2v) is 5.09. The Morgan fingerprint density at radius 3 is 2.95 bits per heavy atom. The second-order valence-electron chi connectivity index (χ2n) is 3.87. The molecule has 1 aromatic carbocycles. The van der Waals surface area contributed by atoms with Crippen LogP contribution in [0.25, 0.3) is 0 Å². The van der Waals surface area contributed by atoms with E-state index in [4.69, 9.17) is 15.6 Å². The van der Waals surface area contributed by atoms with Crippen LogP contribution in [-0.4, -0.2) is 42.8 Å². The van der Waals surface area contributed by atoms with E-state index in [2.05, 4.69) is 5.32 Å². The molecule has 0 aromatic heterocycles. The van der Waals surface area contributed by atoms with Crippen molar-refractivity contribution in [3.63, 3.8) is 0 Å². The number of rotatable bonds is 8. The zero-order valence-corrected chi connectivity index (χ0v) is 11.8. The summed E-state index contributed by atoms with van der Waals surface area (Å²) >= 11 is 1.69. The molecule has 0 radical (unpaired) electrons. The second kappa shape index (κ2) is 8.66. The molecule has 0 unspecified atom stereocenters. The van der Waals surface area contributed by atoms with Crippen LogP contribution in [0.4, 0.5) is 5.69 Å². The van der Waals surface area contributed by atoms with Gasteiger partial charge in [0.25, 0.3) is 5.91 Å². The molecule has 0 aliphatic carbocycles. The van der Waals surface area contributed by atoms with Crippen LogP contribution < -0.4 is 15.8 Å². The molecule has 1 amide bonds. The predicted octanol–water partition coefficient (Wildman–Crippen LogP) is 1.12. The van der Waals surface area contributed by atoms with Crippen LogP contribution in [0.1, 0.15) is 16.8 Å². The Hall–Kier alpha value is -1.40. The van der Waals surface area contributed by atoms with Gasteiger partial charge < -0.3 is 20.9 Å². The number of hydrogen-bond acceptors (Lipinski definition) is 5. The molecule has 0 fully saturated rings. The number of nitrogen functional groups attached to an aromatic ring is 1. The average Bonchev–Trinajstić information content (AvgIpc) is 2.42. The number of nitrogens with two attached hydrogens (primary N) is 1. The van der Waals surface area contributed by atoms with Gasteiger partial charge in [0, 0.05) is 24.6 Å². The Morgan fingerprint density at radius 1 is 1.47 bits per heavy atom. The molecular formula is C13H20N2O3S. The highest BCUT2D eigenvalue weighted by Gasteiger charge is 2.14. The first-order chi connectivity index (χ1) is 9.20. The summed E-state index contributed by atoms with van der Waals surface area (Å²) in [4.78, 5) is 12.0. The lowest BCUT2D eigenvalue weighted by Gasteiger charge is -2.11. The highest BCUT2D eigenvalue weighted by atomic mass is 32.2. The topological polar surface area (TPSA) is 84.6 Å². The number of anilines is 1. The van der Waals surface area contributed by atoms with E-state index in [1.807, 2.05) is 0 Å².